The molecule has 6 nitrogen and oxygen atoms in total. The van der Waals surface area contributed by atoms with Gasteiger partial charge < -0.3 is 5.32 Å². The molecular formula is C13H17BrN4O2S3. The molecule has 2 rings (SSSR count). The number of anilines is 2. The molecule has 0 atom stereocenters. The summed E-state index contributed by atoms with van der Waals surface area (Å²) in [6, 6.07) is 7.80. The highest BCUT2D eigenvalue weighted by atomic mass is 79.9. The van der Waals surface area contributed by atoms with Crippen molar-refractivity contribution in [1.82, 2.24) is 14.5 Å². The molecule has 0 amide bonds. The van der Waals surface area contributed by atoms with Crippen LogP contribution in [-0.4, -0.2) is 48.5 Å². The fourth-order valence-electron chi connectivity index (χ4n) is 1.59. The SMILES string of the molecule is CN(C)S(=O)(=O)CCCSc1nnc(Nc2cccc(Br)c2)s1. The fourth-order valence-corrected chi connectivity index (χ4v) is 4.83. The van der Waals surface area contributed by atoms with E-state index in [1.165, 1.54) is 27.4 Å². The summed E-state index contributed by atoms with van der Waals surface area (Å²) in [6.07, 6.45) is 0.582. The van der Waals surface area contributed by atoms with Crippen molar-refractivity contribution in [2.75, 3.05) is 30.9 Å². The summed E-state index contributed by atoms with van der Waals surface area (Å²) < 4.78 is 26.4. The van der Waals surface area contributed by atoms with Crippen LogP contribution >= 0.6 is 39.0 Å². The van der Waals surface area contributed by atoms with Gasteiger partial charge in [0.2, 0.25) is 15.2 Å². The first-order valence-electron chi connectivity index (χ1n) is 6.76. The highest BCUT2D eigenvalue weighted by molar-refractivity contribution is 9.10. The summed E-state index contributed by atoms with van der Waals surface area (Å²) in [7, 11) is -0.0242. The molecule has 1 heterocycles. The highest BCUT2D eigenvalue weighted by Crippen LogP contribution is 2.28. The lowest BCUT2D eigenvalue weighted by Gasteiger charge is -2.10. The second kappa shape index (κ2) is 8.43. The number of hydrogen-bond acceptors (Lipinski definition) is 7. The number of aromatic nitrogens is 2. The molecule has 1 aromatic carbocycles. The topological polar surface area (TPSA) is 75.2 Å². The van der Waals surface area contributed by atoms with E-state index in [2.05, 4.69) is 31.4 Å². The molecule has 1 N–H and O–H groups in total. The lowest BCUT2D eigenvalue weighted by atomic mass is 10.3. The van der Waals surface area contributed by atoms with E-state index >= 15 is 0 Å². The number of nitrogens with zero attached hydrogens (tertiary/aromatic N) is 3. The molecule has 126 valence electrons. The average Bonchev–Trinajstić information content (AvgIpc) is 2.91. The van der Waals surface area contributed by atoms with Gasteiger partial charge in [0, 0.05) is 30.0 Å². The molecule has 2 aromatic rings. The summed E-state index contributed by atoms with van der Waals surface area (Å²) >= 11 is 6.39. The number of sulfonamides is 1. The Morgan fingerprint density at radius 2 is 2.13 bits per heavy atom. The van der Waals surface area contributed by atoms with Gasteiger partial charge in [0.25, 0.3) is 0 Å². The minimum absolute atomic E-state index is 0.148. The maximum atomic E-state index is 11.7. The van der Waals surface area contributed by atoms with Gasteiger partial charge in [-0.25, -0.2) is 12.7 Å². The van der Waals surface area contributed by atoms with E-state index in [4.69, 9.17) is 0 Å². The Balaban J connectivity index is 1.81. The van der Waals surface area contributed by atoms with Crippen molar-refractivity contribution in [3.05, 3.63) is 28.7 Å². The van der Waals surface area contributed by atoms with Crippen molar-refractivity contribution in [3.8, 4) is 0 Å². The molecule has 0 aliphatic rings. The number of halogens is 1. The third-order valence-electron chi connectivity index (χ3n) is 2.81. The van der Waals surface area contributed by atoms with Gasteiger partial charge >= 0.3 is 0 Å². The molecule has 0 saturated carbocycles. The van der Waals surface area contributed by atoms with Crippen molar-refractivity contribution in [2.45, 2.75) is 10.8 Å². The number of nitrogens with one attached hydrogen (secondary N) is 1. The second-order valence-corrected chi connectivity index (χ2v) is 10.3. The largest absolute Gasteiger partial charge is 0.330 e. The molecule has 0 aliphatic heterocycles. The second-order valence-electron chi connectivity index (χ2n) is 4.81. The van der Waals surface area contributed by atoms with Crippen molar-refractivity contribution in [1.29, 1.82) is 0 Å². The fraction of sp³-hybridized carbons (Fsp3) is 0.385. The van der Waals surface area contributed by atoms with Crippen LogP contribution in [0.3, 0.4) is 0 Å². The van der Waals surface area contributed by atoms with Gasteiger partial charge in [-0.3, -0.25) is 0 Å². The van der Waals surface area contributed by atoms with Crippen LogP contribution in [0.2, 0.25) is 0 Å². The summed E-state index contributed by atoms with van der Waals surface area (Å²) in [6.45, 7) is 0. The molecule has 23 heavy (non-hydrogen) atoms. The Labute approximate surface area is 152 Å². The minimum atomic E-state index is -3.12. The van der Waals surface area contributed by atoms with E-state index in [9.17, 15) is 8.42 Å². The number of hydrogen-bond donors (Lipinski definition) is 1. The predicted molar refractivity (Wildman–Crippen MR) is 100 cm³/mol. The van der Waals surface area contributed by atoms with Crippen LogP contribution in [-0.2, 0) is 10.0 Å². The van der Waals surface area contributed by atoms with E-state index in [1.807, 2.05) is 24.3 Å². The van der Waals surface area contributed by atoms with E-state index in [0.717, 1.165) is 14.5 Å². The summed E-state index contributed by atoms with van der Waals surface area (Å²) in [4.78, 5) is 0. The van der Waals surface area contributed by atoms with Crippen LogP contribution in [0, 0.1) is 0 Å². The first-order chi connectivity index (χ1) is 10.9. The molecule has 0 bridgehead atoms. The van der Waals surface area contributed by atoms with E-state index in [1.54, 1.807) is 14.1 Å². The Bertz CT molecular complexity index is 749. The van der Waals surface area contributed by atoms with Crippen LogP contribution in [0.25, 0.3) is 0 Å². The Morgan fingerprint density at radius 3 is 2.83 bits per heavy atom. The Kier molecular flexibility index (Phi) is 6.84. The number of thioether (sulfide) groups is 1. The third kappa shape index (κ3) is 6.03. The maximum absolute atomic E-state index is 11.7. The molecule has 0 radical (unpaired) electrons. The lowest BCUT2D eigenvalue weighted by Crippen LogP contribution is -2.25. The van der Waals surface area contributed by atoms with Crippen molar-refractivity contribution in [2.24, 2.45) is 0 Å². The summed E-state index contributed by atoms with van der Waals surface area (Å²) in [5.41, 5.74) is 0.934. The zero-order chi connectivity index (χ0) is 16.9. The highest BCUT2D eigenvalue weighted by Gasteiger charge is 2.13. The quantitative estimate of drug-likeness (QED) is 0.504. The maximum Gasteiger partial charge on any atom is 0.213 e. The minimum Gasteiger partial charge on any atom is -0.330 e. The molecule has 10 heteroatoms. The van der Waals surface area contributed by atoms with E-state index < -0.39 is 10.0 Å². The zero-order valence-corrected chi connectivity index (χ0v) is 16.7. The van der Waals surface area contributed by atoms with Crippen LogP contribution in [0.1, 0.15) is 6.42 Å². The van der Waals surface area contributed by atoms with Gasteiger partial charge in [-0.1, -0.05) is 45.1 Å². The molecule has 0 aliphatic carbocycles. The summed E-state index contributed by atoms with van der Waals surface area (Å²) in [5, 5.41) is 12.1. The lowest BCUT2D eigenvalue weighted by molar-refractivity contribution is 0.520. The Hall–Kier alpha value is -0.680. The van der Waals surface area contributed by atoms with Gasteiger partial charge in [-0.2, -0.15) is 0 Å². The first-order valence-corrected chi connectivity index (χ1v) is 11.0. The van der Waals surface area contributed by atoms with Gasteiger partial charge in [0.15, 0.2) is 4.34 Å². The molecule has 0 spiro atoms. The zero-order valence-electron chi connectivity index (χ0n) is 12.7. The smallest absolute Gasteiger partial charge is 0.213 e. The molecule has 0 saturated heterocycles. The van der Waals surface area contributed by atoms with Gasteiger partial charge in [0.05, 0.1) is 5.75 Å². The predicted octanol–water partition coefficient (Wildman–Crippen LogP) is 3.42. The van der Waals surface area contributed by atoms with E-state index in [0.29, 0.717) is 17.3 Å². The van der Waals surface area contributed by atoms with Gasteiger partial charge in [-0.15, -0.1) is 10.2 Å². The summed E-state index contributed by atoms with van der Waals surface area (Å²) in [5.74, 6) is 0.841. The van der Waals surface area contributed by atoms with Gasteiger partial charge in [0.1, 0.15) is 0 Å². The van der Waals surface area contributed by atoms with Crippen molar-refractivity contribution in [3.63, 3.8) is 0 Å². The number of rotatable bonds is 8. The molecular weight excluding hydrogens is 420 g/mol. The van der Waals surface area contributed by atoms with Crippen LogP contribution in [0.15, 0.2) is 33.1 Å². The monoisotopic (exact) mass is 436 g/mol. The van der Waals surface area contributed by atoms with Crippen LogP contribution < -0.4 is 5.32 Å². The van der Waals surface area contributed by atoms with E-state index in [-0.39, 0.29) is 5.75 Å². The Morgan fingerprint density at radius 1 is 1.35 bits per heavy atom. The van der Waals surface area contributed by atoms with Crippen molar-refractivity contribution >= 4 is 59.9 Å². The third-order valence-corrected chi connectivity index (χ3v) is 7.28. The average molecular weight is 437 g/mol. The van der Waals surface area contributed by atoms with Crippen LogP contribution in [0.4, 0.5) is 10.8 Å². The molecule has 1 aromatic heterocycles. The standard InChI is InChI=1S/C13H17BrN4O2S3/c1-18(2)23(19,20)8-4-7-21-13-17-16-12(22-13)15-11-6-3-5-10(14)9-11/h3,5-6,9H,4,7-8H2,1-2H3,(H,15,16). The van der Waals surface area contributed by atoms with Crippen LogP contribution in [0.5, 0.6) is 0 Å². The molecule has 0 unspecified atom stereocenters. The van der Waals surface area contributed by atoms with Gasteiger partial charge in [-0.05, 0) is 24.6 Å². The first kappa shape index (κ1) is 18.7. The van der Waals surface area contributed by atoms with Crippen molar-refractivity contribution < 1.29 is 8.42 Å². The normalized spacial score (nSPS) is 11.8. The number of benzene rings is 1. The molecule has 0 fully saturated rings.